The van der Waals surface area contributed by atoms with Crippen molar-refractivity contribution in [3.05, 3.63) is 59.0 Å². The second kappa shape index (κ2) is 7.86. The second-order valence-corrected chi connectivity index (χ2v) is 7.83. The average Bonchev–Trinajstić information content (AvgIpc) is 3.41. The van der Waals surface area contributed by atoms with Crippen LogP contribution in [0.2, 0.25) is 0 Å². The minimum Gasteiger partial charge on any atom is -0.387 e. The number of nitrogen functional groups attached to an aromatic ring is 1. The predicted molar refractivity (Wildman–Crippen MR) is 116 cm³/mol. The van der Waals surface area contributed by atoms with Crippen LogP contribution in [0, 0.1) is 18.3 Å². The summed E-state index contributed by atoms with van der Waals surface area (Å²) in [5.74, 6) is 0.115. The molecular weight excluding hydrogens is 406 g/mol. The SMILES string of the molecule is Cc1c(C#N)cccc1-c1cc(-c2cn(Cc3cc4n(n3)CCCC4O)nn2)nc(N)n1. The van der Waals surface area contributed by atoms with Crippen LogP contribution in [0.4, 0.5) is 5.95 Å². The van der Waals surface area contributed by atoms with Crippen molar-refractivity contribution >= 4 is 5.95 Å². The Morgan fingerprint density at radius 3 is 2.88 bits per heavy atom. The third-order valence-electron chi connectivity index (χ3n) is 5.65. The van der Waals surface area contributed by atoms with Crippen molar-refractivity contribution in [1.82, 2.24) is 34.7 Å². The molecule has 160 valence electrons. The van der Waals surface area contributed by atoms with Crippen LogP contribution in [0.1, 0.15) is 41.5 Å². The highest BCUT2D eigenvalue weighted by atomic mass is 16.3. The standard InChI is InChI=1S/C22H21N9O/c1-13-14(10-23)4-2-5-16(13)17-9-18(26-22(24)25-17)19-12-30(29-27-19)11-15-8-20-21(32)6-3-7-31(20)28-15/h2,4-5,8-9,12,21,32H,3,6-7,11H2,1H3,(H2,24,25,26). The molecular formula is C22H21N9O. The average molecular weight is 427 g/mol. The Kier molecular flexibility index (Phi) is 4.88. The Morgan fingerprint density at radius 1 is 1.22 bits per heavy atom. The van der Waals surface area contributed by atoms with E-state index in [0.29, 0.717) is 29.2 Å². The molecule has 1 aromatic carbocycles. The van der Waals surface area contributed by atoms with Crippen molar-refractivity contribution in [3.8, 4) is 28.7 Å². The van der Waals surface area contributed by atoms with Gasteiger partial charge in [0.05, 0.1) is 53.3 Å². The number of rotatable bonds is 4. The number of aromatic nitrogens is 7. The number of aliphatic hydroxyl groups excluding tert-OH is 1. The molecule has 10 heteroatoms. The number of aryl methyl sites for hydroxylation is 1. The summed E-state index contributed by atoms with van der Waals surface area (Å²) in [6, 6.07) is 11.4. The molecule has 0 fully saturated rings. The topological polar surface area (TPSA) is 144 Å². The number of fused-ring (bicyclic) bond motifs is 1. The third-order valence-corrected chi connectivity index (χ3v) is 5.65. The van der Waals surface area contributed by atoms with E-state index in [2.05, 4.69) is 31.4 Å². The third kappa shape index (κ3) is 3.59. The summed E-state index contributed by atoms with van der Waals surface area (Å²) in [5, 5.41) is 32.5. The van der Waals surface area contributed by atoms with E-state index in [1.54, 1.807) is 23.0 Å². The lowest BCUT2D eigenvalue weighted by Crippen LogP contribution is -2.15. The Bertz CT molecular complexity index is 1350. The maximum absolute atomic E-state index is 10.2. The van der Waals surface area contributed by atoms with Crippen LogP contribution < -0.4 is 5.73 Å². The smallest absolute Gasteiger partial charge is 0.221 e. The lowest BCUT2D eigenvalue weighted by atomic mass is 10.00. The Labute approximate surface area is 184 Å². The molecule has 4 heterocycles. The van der Waals surface area contributed by atoms with Crippen LogP contribution in [0.25, 0.3) is 22.6 Å². The van der Waals surface area contributed by atoms with Crippen LogP contribution in [0.5, 0.6) is 0 Å². The second-order valence-electron chi connectivity index (χ2n) is 7.83. The lowest BCUT2D eigenvalue weighted by Gasteiger charge is -2.18. The van der Waals surface area contributed by atoms with Gasteiger partial charge in [-0.1, -0.05) is 17.3 Å². The van der Waals surface area contributed by atoms with Gasteiger partial charge in [0.1, 0.15) is 5.69 Å². The lowest BCUT2D eigenvalue weighted by molar-refractivity contribution is 0.135. The van der Waals surface area contributed by atoms with Gasteiger partial charge in [-0.05, 0) is 43.5 Å². The number of benzene rings is 1. The van der Waals surface area contributed by atoms with Crippen molar-refractivity contribution in [2.75, 3.05) is 5.73 Å². The van der Waals surface area contributed by atoms with E-state index in [1.165, 1.54) is 0 Å². The summed E-state index contributed by atoms with van der Waals surface area (Å²) >= 11 is 0. The van der Waals surface area contributed by atoms with Gasteiger partial charge in [-0.25, -0.2) is 14.6 Å². The highest BCUT2D eigenvalue weighted by Crippen LogP contribution is 2.28. The van der Waals surface area contributed by atoms with Crippen LogP contribution in [0.3, 0.4) is 0 Å². The van der Waals surface area contributed by atoms with Crippen LogP contribution in [0.15, 0.2) is 36.5 Å². The van der Waals surface area contributed by atoms with E-state index in [4.69, 9.17) is 5.73 Å². The molecule has 1 atom stereocenters. The molecule has 1 aliphatic rings. The molecule has 1 unspecified atom stereocenters. The summed E-state index contributed by atoms with van der Waals surface area (Å²) < 4.78 is 3.53. The van der Waals surface area contributed by atoms with E-state index in [9.17, 15) is 10.4 Å². The molecule has 0 radical (unpaired) electrons. The molecule has 0 saturated carbocycles. The zero-order valence-electron chi connectivity index (χ0n) is 17.5. The number of aliphatic hydroxyl groups is 1. The van der Waals surface area contributed by atoms with Gasteiger partial charge in [-0.2, -0.15) is 10.4 Å². The molecule has 0 saturated heterocycles. The highest BCUT2D eigenvalue weighted by molar-refractivity contribution is 5.71. The van der Waals surface area contributed by atoms with Crippen molar-refractivity contribution in [1.29, 1.82) is 5.26 Å². The summed E-state index contributed by atoms with van der Waals surface area (Å²) in [7, 11) is 0. The number of nitriles is 1. The molecule has 1 aliphatic heterocycles. The van der Waals surface area contributed by atoms with Crippen molar-refractivity contribution < 1.29 is 5.11 Å². The van der Waals surface area contributed by atoms with E-state index in [-0.39, 0.29) is 5.95 Å². The molecule has 0 bridgehead atoms. The largest absolute Gasteiger partial charge is 0.387 e. The quantitative estimate of drug-likeness (QED) is 0.504. The molecule has 4 aromatic rings. The zero-order valence-corrected chi connectivity index (χ0v) is 17.5. The Balaban J connectivity index is 1.44. The van der Waals surface area contributed by atoms with Gasteiger partial charge in [-0.3, -0.25) is 4.68 Å². The number of anilines is 1. The minimum atomic E-state index is -0.471. The maximum Gasteiger partial charge on any atom is 0.221 e. The predicted octanol–water partition coefficient (Wildman–Crippen LogP) is 2.24. The normalized spacial score (nSPS) is 15.3. The summed E-state index contributed by atoms with van der Waals surface area (Å²) in [4.78, 5) is 8.67. The molecule has 0 aliphatic carbocycles. The molecule has 10 nitrogen and oxygen atoms in total. The van der Waals surface area contributed by atoms with Crippen molar-refractivity contribution in [2.24, 2.45) is 0 Å². The summed E-state index contributed by atoms with van der Waals surface area (Å²) in [6.45, 7) is 3.12. The fraction of sp³-hybridized carbons (Fsp3) is 0.273. The van der Waals surface area contributed by atoms with Crippen molar-refractivity contribution in [3.63, 3.8) is 0 Å². The van der Waals surface area contributed by atoms with Gasteiger partial charge in [0.25, 0.3) is 0 Å². The van der Waals surface area contributed by atoms with E-state index >= 15 is 0 Å². The first-order chi connectivity index (χ1) is 15.5. The van der Waals surface area contributed by atoms with E-state index in [1.807, 2.05) is 29.8 Å². The van der Waals surface area contributed by atoms with E-state index in [0.717, 1.165) is 41.9 Å². The number of nitrogens with zero attached hydrogens (tertiary/aromatic N) is 8. The minimum absolute atomic E-state index is 0.115. The monoisotopic (exact) mass is 427 g/mol. The first-order valence-electron chi connectivity index (χ1n) is 10.3. The zero-order chi connectivity index (χ0) is 22.2. The van der Waals surface area contributed by atoms with Gasteiger partial charge in [0.2, 0.25) is 5.95 Å². The fourth-order valence-corrected chi connectivity index (χ4v) is 4.02. The molecule has 3 N–H and O–H groups in total. The molecule has 5 rings (SSSR count). The van der Waals surface area contributed by atoms with Gasteiger partial charge in [-0.15, -0.1) is 5.10 Å². The molecule has 0 spiro atoms. The van der Waals surface area contributed by atoms with Crippen LogP contribution >= 0.6 is 0 Å². The van der Waals surface area contributed by atoms with Crippen LogP contribution in [-0.2, 0) is 13.1 Å². The maximum atomic E-state index is 10.2. The number of hydrogen-bond acceptors (Lipinski definition) is 8. The first kappa shape index (κ1) is 19.8. The number of nitrogens with two attached hydrogens (primary N) is 1. The van der Waals surface area contributed by atoms with Gasteiger partial charge in [0, 0.05) is 12.1 Å². The number of hydrogen-bond donors (Lipinski definition) is 2. The molecule has 32 heavy (non-hydrogen) atoms. The van der Waals surface area contributed by atoms with Gasteiger partial charge >= 0.3 is 0 Å². The van der Waals surface area contributed by atoms with Crippen LogP contribution in [-0.4, -0.2) is 39.8 Å². The Morgan fingerprint density at radius 2 is 2.06 bits per heavy atom. The Hall–Kier alpha value is -4.10. The summed E-state index contributed by atoms with van der Waals surface area (Å²) in [5.41, 5.74) is 11.6. The van der Waals surface area contributed by atoms with Gasteiger partial charge < -0.3 is 10.8 Å². The highest BCUT2D eigenvalue weighted by Gasteiger charge is 2.21. The first-order valence-corrected chi connectivity index (χ1v) is 10.3. The molecule has 0 amide bonds. The summed E-state index contributed by atoms with van der Waals surface area (Å²) in [6.07, 6.45) is 2.98. The van der Waals surface area contributed by atoms with E-state index < -0.39 is 6.10 Å². The molecule has 3 aromatic heterocycles. The van der Waals surface area contributed by atoms with Crippen molar-refractivity contribution in [2.45, 2.75) is 39.0 Å². The fourth-order valence-electron chi connectivity index (χ4n) is 4.02. The van der Waals surface area contributed by atoms with Gasteiger partial charge in [0.15, 0.2) is 0 Å².